The van der Waals surface area contributed by atoms with Gasteiger partial charge < -0.3 is 15.2 Å². The highest BCUT2D eigenvalue weighted by molar-refractivity contribution is 5.92. The van der Waals surface area contributed by atoms with E-state index in [1.807, 2.05) is 31.2 Å². The second-order valence-electron chi connectivity index (χ2n) is 4.01. The number of nitrogens with zero attached hydrogens (tertiary/aromatic N) is 1. The molecule has 0 fully saturated rings. The second kappa shape index (κ2) is 5.97. The van der Waals surface area contributed by atoms with E-state index in [1.165, 1.54) is 6.26 Å². The van der Waals surface area contributed by atoms with Gasteiger partial charge in [-0.25, -0.2) is 0 Å². The summed E-state index contributed by atoms with van der Waals surface area (Å²) in [6.45, 7) is 2.73. The van der Waals surface area contributed by atoms with Crippen molar-refractivity contribution in [1.82, 2.24) is 10.5 Å². The highest BCUT2D eigenvalue weighted by Gasteiger charge is 2.02. The molecule has 5 nitrogen and oxygen atoms in total. The van der Waals surface area contributed by atoms with Gasteiger partial charge in [-0.15, -0.1) is 0 Å². The third-order valence-corrected chi connectivity index (χ3v) is 2.38. The van der Waals surface area contributed by atoms with E-state index in [0.29, 0.717) is 6.54 Å². The number of carbonyl (C=O) groups is 1. The molecule has 0 aliphatic rings. The van der Waals surface area contributed by atoms with Gasteiger partial charge >= 0.3 is 0 Å². The van der Waals surface area contributed by atoms with E-state index < -0.39 is 0 Å². The zero-order chi connectivity index (χ0) is 12.8. The average molecular weight is 245 g/mol. The molecule has 0 aliphatic heterocycles. The first kappa shape index (κ1) is 12.3. The van der Waals surface area contributed by atoms with E-state index in [1.54, 1.807) is 6.07 Å². The molecule has 1 aromatic heterocycles. The highest BCUT2D eigenvalue weighted by Crippen LogP contribution is 2.08. The summed E-state index contributed by atoms with van der Waals surface area (Å²) in [6.07, 6.45) is 1.50. The summed E-state index contributed by atoms with van der Waals surface area (Å²) in [6, 6.07) is 9.44. The number of aromatic nitrogens is 1. The Morgan fingerprint density at radius 2 is 2.28 bits per heavy atom. The summed E-state index contributed by atoms with van der Waals surface area (Å²) in [5.41, 5.74) is 2.70. The average Bonchev–Trinajstić information content (AvgIpc) is 2.82. The van der Waals surface area contributed by atoms with E-state index >= 15 is 0 Å². The van der Waals surface area contributed by atoms with E-state index in [9.17, 15) is 4.79 Å². The number of nitrogens with one attached hydrogen (secondary N) is 2. The minimum Gasteiger partial charge on any atom is -0.364 e. The fraction of sp³-hybridized carbons (Fsp3) is 0.231. The van der Waals surface area contributed by atoms with Gasteiger partial charge in [-0.2, -0.15) is 0 Å². The summed E-state index contributed by atoms with van der Waals surface area (Å²) < 4.78 is 4.69. The van der Waals surface area contributed by atoms with E-state index in [2.05, 4.69) is 15.8 Å². The number of anilines is 1. The van der Waals surface area contributed by atoms with Crippen molar-refractivity contribution in [2.45, 2.75) is 13.5 Å². The van der Waals surface area contributed by atoms with Crippen molar-refractivity contribution in [2.24, 2.45) is 0 Å². The molecule has 94 valence electrons. The van der Waals surface area contributed by atoms with Gasteiger partial charge in [0.2, 0.25) is 5.91 Å². The molecule has 0 atom stereocenters. The normalized spacial score (nSPS) is 10.3. The van der Waals surface area contributed by atoms with Gasteiger partial charge in [-0.3, -0.25) is 4.79 Å². The summed E-state index contributed by atoms with van der Waals surface area (Å²) in [5, 5.41) is 9.54. The van der Waals surface area contributed by atoms with E-state index in [0.717, 1.165) is 16.9 Å². The summed E-state index contributed by atoms with van der Waals surface area (Å²) in [4.78, 5) is 11.6. The molecule has 2 aromatic rings. The molecular formula is C13H15N3O2. The standard InChI is InChI=1S/C13H15N3O2/c1-10-3-2-4-11(7-10)15-13(17)9-14-8-12-5-6-18-16-12/h2-7,14H,8-9H2,1H3,(H,15,17). The molecule has 2 rings (SSSR count). The van der Waals surface area contributed by atoms with Crippen LogP contribution in [-0.2, 0) is 11.3 Å². The van der Waals surface area contributed by atoms with E-state index in [4.69, 9.17) is 4.52 Å². The lowest BCUT2D eigenvalue weighted by Gasteiger charge is -2.06. The van der Waals surface area contributed by atoms with Gasteiger partial charge in [-0.1, -0.05) is 17.3 Å². The molecule has 1 amide bonds. The predicted octanol–water partition coefficient (Wildman–Crippen LogP) is 1.71. The fourth-order valence-corrected chi connectivity index (χ4v) is 1.56. The number of carbonyl (C=O) groups excluding carboxylic acids is 1. The minimum atomic E-state index is -0.0795. The van der Waals surface area contributed by atoms with Crippen molar-refractivity contribution in [1.29, 1.82) is 0 Å². The lowest BCUT2D eigenvalue weighted by Crippen LogP contribution is -2.27. The first-order chi connectivity index (χ1) is 8.74. The Morgan fingerprint density at radius 3 is 3.00 bits per heavy atom. The van der Waals surface area contributed by atoms with Gasteiger partial charge in [0.15, 0.2) is 0 Å². The monoisotopic (exact) mass is 245 g/mol. The van der Waals surface area contributed by atoms with Crippen LogP contribution in [0.5, 0.6) is 0 Å². The van der Waals surface area contributed by atoms with Gasteiger partial charge in [0, 0.05) is 18.3 Å². The molecule has 0 unspecified atom stereocenters. The Hall–Kier alpha value is -2.14. The molecule has 0 bridgehead atoms. The third-order valence-electron chi connectivity index (χ3n) is 2.38. The molecular weight excluding hydrogens is 230 g/mol. The fourth-order valence-electron chi connectivity index (χ4n) is 1.56. The van der Waals surface area contributed by atoms with Crippen LogP contribution in [0.2, 0.25) is 0 Å². The number of hydrogen-bond donors (Lipinski definition) is 2. The smallest absolute Gasteiger partial charge is 0.238 e. The Morgan fingerprint density at radius 1 is 1.39 bits per heavy atom. The molecule has 0 saturated carbocycles. The first-order valence-electron chi connectivity index (χ1n) is 5.70. The summed E-state index contributed by atoms with van der Waals surface area (Å²) in [7, 11) is 0. The molecule has 1 aromatic carbocycles. The van der Waals surface area contributed by atoms with Gasteiger partial charge in [0.05, 0.1) is 12.2 Å². The summed E-state index contributed by atoms with van der Waals surface area (Å²) in [5.74, 6) is -0.0795. The van der Waals surface area contributed by atoms with Crippen molar-refractivity contribution in [3.05, 3.63) is 47.9 Å². The number of amides is 1. The van der Waals surface area contributed by atoms with Crippen molar-refractivity contribution in [3.63, 3.8) is 0 Å². The maximum Gasteiger partial charge on any atom is 0.238 e. The lowest BCUT2D eigenvalue weighted by atomic mass is 10.2. The Balaban J connectivity index is 1.75. The zero-order valence-corrected chi connectivity index (χ0v) is 10.1. The van der Waals surface area contributed by atoms with E-state index in [-0.39, 0.29) is 12.5 Å². The molecule has 0 radical (unpaired) electrons. The Kier molecular flexibility index (Phi) is 4.09. The van der Waals surface area contributed by atoms with Crippen molar-refractivity contribution in [3.8, 4) is 0 Å². The van der Waals surface area contributed by atoms with Crippen molar-refractivity contribution < 1.29 is 9.32 Å². The van der Waals surface area contributed by atoms with Crippen LogP contribution in [0.4, 0.5) is 5.69 Å². The third kappa shape index (κ3) is 3.71. The lowest BCUT2D eigenvalue weighted by molar-refractivity contribution is -0.115. The second-order valence-corrected chi connectivity index (χ2v) is 4.01. The zero-order valence-electron chi connectivity index (χ0n) is 10.1. The Bertz CT molecular complexity index is 509. The van der Waals surface area contributed by atoms with Crippen molar-refractivity contribution in [2.75, 3.05) is 11.9 Å². The van der Waals surface area contributed by atoms with Crippen LogP contribution in [0.3, 0.4) is 0 Å². The number of benzene rings is 1. The number of rotatable bonds is 5. The topological polar surface area (TPSA) is 67.2 Å². The number of hydrogen-bond acceptors (Lipinski definition) is 4. The van der Waals surface area contributed by atoms with Gasteiger partial charge in [0.1, 0.15) is 6.26 Å². The first-order valence-corrected chi connectivity index (χ1v) is 5.70. The largest absolute Gasteiger partial charge is 0.364 e. The molecule has 18 heavy (non-hydrogen) atoms. The minimum absolute atomic E-state index is 0.0795. The molecule has 0 spiro atoms. The van der Waals surface area contributed by atoms with Crippen LogP contribution >= 0.6 is 0 Å². The van der Waals surface area contributed by atoms with Gasteiger partial charge in [0.25, 0.3) is 0 Å². The Labute approximate surface area is 105 Å². The highest BCUT2D eigenvalue weighted by atomic mass is 16.5. The number of aryl methyl sites for hydroxylation is 1. The van der Waals surface area contributed by atoms with Crippen molar-refractivity contribution >= 4 is 11.6 Å². The maximum atomic E-state index is 11.6. The van der Waals surface area contributed by atoms with Gasteiger partial charge in [-0.05, 0) is 24.6 Å². The van der Waals surface area contributed by atoms with Crippen LogP contribution in [0.1, 0.15) is 11.3 Å². The van der Waals surface area contributed by atoms with Crippen LogP contribution < -0.4 is 10.6 Å². The van der Waals surface area contributed by atoms with Crippen LogP contribution in [-0.4, -0.2) is 17.6 Å². The summed E-state index contributed by atoms with van der Waals surface area (Å²) >= 11 is 0. The quantitative estimate of drug-likeness (QED) is 0.841. The molecule has 0 saturated heterocycles. The van der Waals surface area contributed by atoms with Crippen LogP contribution in [0.25, 0.3) is 0 Å². The van der Waals surface area contributed by atoms with Crippen LogP contribution in [0.15, 0.2) is 41.1 Å². The molecule has 2 N–H and O–H groups in total. The molecule has 1 heterocycles. The molecule has 0 aliphatic carbocycles. The maximum absolute atomic E-state index is 11.6. The van der Waals surface area contributed by atoms with Crippen LogP contribution in [0, 0.1) is 6.92 Å². The molecule has 5 heteroatoms. The SMILES string of the molecule is Cc1cccc(NC(=O)CNCc2ccon2)c1. The predicted molar refractivity (Wildman–Crippen MR) is 68.0 cm³/mol.